The summed E-state index contributed by atoms with van der Waals surface area (Å²) in [6.45, 7) is 3.41. The number of carbonyl (C=O) groups excluding carboxylic acids is 6. The Morgan fingerprint density at radius 2 is 0.655 bits per heavy atom. The third-order valence-corrected chi connectivity index (χ3v) is 8.72. The van der Waals surface area contributed by atoms with Crippen molar-refractivity contribution in [3.63, 3.8) is 0 Å². The lowest BCUT2D eigenvalue weighted by Crippen LogP contribution is -2.50. The quantitative estimate of drug-likeness (QED) is 0.0406. The van der Waals surface area contributed by atoms with Crippen molar-refractivity contribution in [1.82, 2.24) is 16.0 Å². The van der Waals surface area contributed by atoms with Gasteiger partial charge in [0.05, 0.1) is 24.2 Å². The summed E-state index contributed by atoms with van der Waals surface area (Å²) in [6, 6.07) is -6.04. The number of Topliss-reactive ketones (excluding diaryl/α,β-unsaturated/α-hetero) is 3. The first kappa shape index (κ1) is 52.2. The zero-order valence-electron chi connectivity index (χ0n) is 32.3. The Bertz CT molecular complexity index is 1530. The lowest BCUT2D eigenvalue weighted by atomic mass is 9.89. The third-order valence-electron chi connectivity index (χ3n) is 8.72. The minimum absolute atomic E-state index is 0.0505. The van der Waals surface area contributed by atoms with Gasteiger partial charge in [-0.25, -0.2) is 0 Å². The zero-order chi connectivity index (χ0) is 44.7. The number of ketones is 3. The Morgan fingerprint density at radius 1 is 0.397 bits per heavy atom. The highest BCUT2D eigenvalue weighted by Crippen LogP contribution is 2.20. The van der Waals surface area contributed by atoms with Gasteiger partial charge in [0, 0.05) is 69.6 Å². The molecule has 0 aliphatic rings. The van der Waals surface area contributed by atoms with E-state index in [1.807, 2.05) is 0 Å². The van der Waals surface area contributed by atoms with E-state index in [4.69, 9.17) is 15.9 Å². The number of aliphatic carboxylic acids is 6. The van der Waals surface area contributed by atoms with Crippen LogP contribution in [0.15, 0.2) is 0 Å². The van der Waals surface area contributed by atoms with E-state index in [1.54, 1.807) is 13.8 Å². The van der Waals surface area contributed by atoms with E-state index in [1.165, 1.54) is 0 Å². The van der Waals surface area contributed by atoms with Crippen LogP contribution in [0.25, 0.3) is 0 Å². The summed E-state index contributed by atoms with van der Waals surface area (Å²) in [4.78, 5) is 147. The summed E-state index contributed by atoms with van der Waals surface area (Å²) in [5, 5.41) is 62.0. The highest BCUT2D eigenvalue weighted by Gasteiger charge is 2.34. The van der Waals surface area contributed by atoms with Crippen molar-refractivity contribution in [1.29, 1.82) is 0 Å². The van der Waals surface area contributed by atoms with Crippen molar-refractivity contribution in [2.45, 2.75) is 134 Å². The number of nitrogens with one attached hydrogen (secondary N) is 3. The van der Waals surface area contributed by atoms with Gasteiger partial charge in [-0.1, -0.05) is 13.8 Å². The molecule has 3 amide bonds. The Balaban J connectivity index is 6.52. The minimum atomic E-state index is -1.70. The number of carboxylic acid groups (broad SMARTS) is 6. The van der Waals surface area contributed by atoms with Gasteiger partial charge in [-0.05, 0) is 44.4 Å². The van der Waals surface area contributed by atoms with Crippen LogP contribution in [-0.4, -0.2) is 126 Å². The van der Waals surface area contributed by atoms with Crippen LogP contribution in [0.3, 0.4) is 0 Å². The number of nitrogens with two attached hydrogens (primary N) is 1. The molecule has 0 heterocycles. The molecule has 0 aromatic rings. The molecule has 22 nitrogen and oxygen atoms in total. The van der Waals surface area contributed by atoms with Crippen molar-refractivity contribution >= 4 is 70.9 Å². The molecular formula is C36H54N4O18. The maximum atomic E-state index is 13.7. The van der Waals surface area contributed by atoms with Crippen molar-refractivity contribution in [3.8, 4) is 0 Å². The van der Waals surface area contributed by atoms with E-state index in [0.717, 1.165) is 0 Å². The average Bonchev–Trinajstić information content (AvgIpc) is 3.11. The lowest BCUT2D eigenvalue weighted by molar-refractivity contribution is -0.141. The average molecular weight is 831 g/mol. The van der Waals surface area contributed by atoms with Crippen molar-refractivity contribution in [2.75, 3.05) is 0 Å². The van der Waals surface area contributed by atoms with Crippen molar-refractivity contribution in [2.24, 2.45) is 23.5 Å². The summed E-state index contributed by atoms with van der Waals surface area (Å²) in [5.41, 5.74) is 5.70. The molecule has 0 aliphatic carbocycles. The fourth-order valence-electron chi connectivity index (χ4n) is 5.57. The third kappa shape index (κ3) is 23.3. The molecule has 0 spiro atoms. The van der Waals surface area contributed by atoms with Gasteiger partial charge in [0.15, 0.2) is 17.3 Å². The molecule has 22 heteroatoms. The molecular weight excluding hydrogens is 776 g/mol. The number of rotatable bonds is 33. The zero-order valence-corrected chi connectivity index (χ0v) is 32.3. The van der Waals surface area contributed by atoms with E-state index in [2.05, 4.69) is 16.0 Å². The predicted octanol–water partition coefficient (Wildman–Crippen LogP) is -0.277. The Hall–Kier alpha value is -5.80. The first-order chi connectivity index (χ1) is 26.9. The summed E-state index contributed by atoms with van der Waals surface area (Å²) < 4.78 is 0. The monoisotopic (exact) mass is 830 g/mol. The maximum absolute atomic E-state index is 13.7. The van der Waals surface area contributed by atoms with Gasteiger partial charge < -0.3 is 52.3 Å². The molecule has 0 aliphatic heterocycles. The Morgan fingerprint density at radius 3 is 0.948 bits per heavy atom. The van der Waals surface area contributed by atoms with Crippen LogP contribution in [0.1, 0.15) is 110 Å². The summed E-state index contributed by atoms with van der Waals surface area (Å²) in [5.74, 6) is -17.0. The van der Waals surface area contributed by atoms with Crippen LogP contribution in [-0.2, 0) is 57.5 Å². The summed E-state index contributed by atoms with van der Waals surface area (Å²) in [7, 11) is 0. The first-order valence-electron chi connectivity index (χ1n) is 18.5. The standard InChI is InChI=1S/C36H54N4O18/c1-18(2)15-25(41)22(6-12-31(50)51)38-34(56)19(3-9-28(44)45)16-26(42)23(7-13-32(52)53)39-35(57)20(4-10-29(46)47)17-27(43)24(8-14-33(54)55)40-36(58)21(37)5-11-30(48)49/h18-24H,3-17,37H2,1-2H3,(H,38,56)(H,39,57)(H,40,58)(H,44,45)(H,46,47)(H,48,49)(H,50,51)(H,52,53)(H,54,55)/t19-,20-,21+,22+,23+,24+/m1/s1. The Labute approximate surface area is 332 Å². The van der Waals surface area contributed by atoms with Gasteiger partial charge in [0.1, 0.15) is 0 Å². The second-order valence-electron chi connectivity index (χ2n) is 14.2. The number of amides is 3. The van der Waals surface area contributed by atoms with Gasteiger partial charge in [0.2, 0.25) is 17.7 Å². The van der Waals surface area contributed by atoms with Gasteiger partial charge in [0.25, 0.3) is 0 Å². The summed E-state index contributed by atoms with van der Waals surface area (Å²) >= 11 is 0. The molecule has 0 aromatic heterocycles. The normalized spacial score (nSPS) is 14.1. The van der Waals surface area contributed by atoms with Gasteiger partial charge in [-0.15, -0.1) is 0 Å². The van der Waals surface area contributed by atoms with E-state index in [9.17, 15) is 78.0 Å². The number of carboxylic acids is 6. The highest BCUT2D eigenvalue weighted by atomic mass is 16.4. The van der Waals surface area contributed by atoms with Crippen molar-refractivity contribution in [3.05, 3.63) is 0 Å². The molecule has 0 fully saturated rings. The van der Waals surface area contributed by atoms with Crippen LogP contribution in [0.5, 0.6) is 0 Å². The predicted molar refractivity (Wildman–Crippen MR) is 196 cm³/mol. The SMILES string of the molecule is CC(C)CC(=O)[C@H](CCC(=O)O)NC(=O)[C@H](CCC(=O)O)CC(=O)[C@H](CCC(=O)O)NC(=O)[C@H](CCC(=O)O)CC(=O)[C@H](CCC(=O)O)NC(=O)[C@@H](N)CCC(=O)O. The second-order valence-corrected chi connectivity index (χ2v) is 14.2. The van der Waals surface area contributed by atoms with E-state index >= 15 is 0 Å². The summed E-state index contributed by atoms with van der Waals surface area (Å²) in [6.07, 6.45) is -8.28. The largest absolute Gasteiger partial charge is 0.481 e. The molecule has 0 unspecified atom stereocenters. The second kappa shape index (κ2) is 26.9. The number of hydrogen-bond donors (Lipinski definition) is 10. The van der Waals surface area contributed by atoms with E-state index < -0.39 is 184 Å². The van der Waals surface area contributed by atoms with Gasteiger partial charge in [-0.3, -0.25) is 57.5 Å². The van der Waals surface area contributed by atoms with Crippen LogP contribution >= 0.6 is 0 Å². The molecule has 0 saturated carbocycles. The molecule has 58 heavy (non-hydrogen) atoms. The molecule has 0 bridgehead atoms. The van der Waals surface area contributed by atoms with Crippen LogP contribution in [0.2, 0.25) is 0 Å². The van der Waals surface area contributed by atoms with E-state index in [0.29, 0.717) is 0 Å². The fraction of sp³-hybridized carbons (Fsp3) is 0.667. The van der Waals surface area contributed by atoms with Crippen molar-refractivity contribution < 1.29 is 88.2 Å². The molecule has 0 aromatic carbocycles. The Kier molecular flexibility index (Phi) is 24.2. The van der Waals surface area contributed by atoms with Crippen LogP contribution in [0, 0.1) is 17.8 Å². The van der Waals surface area contributed by atoms with Crippen LogP contribution in [0.4, 0.5) is 0 Å². The fourth-order valence-corrected chi connectivity index (χ4v) is 5.57. The molecule has 6 atom stereocenters. The highest BCUT2D eigenvalue weighted by molar-refractivity contribution is 5.97. The number of carbonyl (C=O) groups is 12. The van der Waals surface area contributed by atoms with E-state index in [-0.39, 0.29) is 25.2 Å². The molecule has 11 N–H and O–H groups in total. The van der Waals surface area contributed by atoms with Gasteiger partial charge in [-0.2, -0.15) is 0 Å². The number of hydrogen-bond acceptors (Lipinski definition) is 13. The first-order valence-corrected chi connectivity index (χ1v) is 18.5. The smallest absolute Gasteiger partial charge is 0.303 e. The molecule has 0 saturated heterocycles. The van der Waals surface area contributed by atoms with Crippen LogP contribution < -0.4 is 21.7 Å². The lowest BCUT2D eigenvalue weighted by Gasteiger charge is -2.25. The molecule has 0 rings (SSSR count). The maximum Gasteiger partial charge on any atom is 0.303 e. The minimum Gasteiger partial charge on any atom is -0.481 e. The van der Waals surface area contributed by atoms with Gasteiger partial charge >= 0.3 is 35.8 Å². The topological polar surface area (TPSA) is 388 Å². The molecule has 0 radical (unpaired) electrons. The molecule has 326 valence electrons.